The summed E-state index contributed by atoms with van der Waals surface area (Å²) in [6.45, 7) is 3.99. The van der Waals surface area contributed by atoms with Gasteiger partial charge in [-0.25, -0.2) is 9.18 Å². The van der Waals surface area contributed by atoms with Crippen molar-refractivity contribution in [3.8, 4) is 0 Å². The molecule has 0 aliphatic carbocycles. The van der Waals surface area contributed by atoms with Gasteiger partial charge in [0.05, 0.1) is 18.6 Å². The normalized spacial score (nSPS) is 10.4. The third-order valence-corrected chi connectivity index (χ3v) is 4.35. The largest absolute Gasteiger partial charge is 0.462 e. The molecule has 0 aliphatic heterocycles. The van der Waals surface area contributed by atoms with Crippen molar-refractivity contribution >= 4 is 28.2 Å². The summed E-state index contributed by atoms with van der Waals surface area (Å²) in [5.74, 6) is -1.04. The number of carbonyl (C=O) groups excluding carboxylic acids is 2. The first-order valence-corrected chi connectivity index (χ1v) is 8.19. The van der Waals surface area contributed by atoms with Gasteiger partial charge in [-0.15, -0.1) is 11.3 Å². The summed E-state index contributed by atoms with van der Waals surface area (Å²) in [5.41, 5.74) is 1.08. The maximum Gasteiger partial charge on any atom is 0.341 e. The Balaban J connectivity index is 2.11. The van der Waals surface area contributed by atoms with Crippen molar-refractivity contribution in [3.63, 3.8) is 0 Å². The fourth-order valence-corrected chi connectivity index (χ4v) is 3.03. The van der Waals surface area contributed by atoms with Crippen molar-refractivity contribution in [2.45, 2.75) is 26.7 Å². The van der Waals surface area contributed by atoms with E-state index in [-0.39, 0.29) is 24.8 Å². The molecule has 0 saturated heterocycles. The van der Waals surface area contributed by atoms with Crippen LogP contribution in [0.4, 0.5) is 9.39 Å². The van der Waals surface area contributed by atoms with Crippen LogP contribution in [0.5, 0.6) is 0 Å². The molecule has 0 bridgehead atoms. The highest BCUT2D eigenvalue weighted by molar-refractivity contribution is 7.16. The van der Waals surface area contributed by atoms with Gasteiger partial charge in [0.1, 0.15) is 10.8 Å². The molecule has 1 amide bonds. The molecule has 1 heterocycles. The van der Waals surface area contributed by atoms with Gasteiger partial charge in [0.2, 0.25) is 5.91 Å². The van der Waals surface area contributed by atoms with Gasteiger partial charge in [0.25, 0.3) is 0 Å². The van der Waals surface area contributed by atoms with Crippen molar-refractivity contribution in [2.75, 3.05) is 11.9 Å². The summed E-state index contributed by atoms with van der Waals surface area (Å²) in [7, 11) is 0. The van der Waals surface area contributed by atoms with Crippen LogP contribution in [0.1, 0.15) is 34.6 Å². The second kappa shape index (κ2) is 7.87. The van der Waals surface area contributed by atoms with E-state index in [2.05, 4.69) is 5.32 Å². The molecule has 4 nitrogen and oxygen atoms in total. The van der Waals surface area contributed by atoms with Gasteiger partial charge in [-0.1, -0.05) is 19.1 Å². The van der Waals surface area contributed by atoms with Crippen LogP contribution in [0.3, 0.4) is 0 Å². The number of benzene rings is 1. The predicted octanol–water partition coefficient (Wildman–Crippen LogP) is 3.81. The van der Waals surface area contributed by atoms with Gasteiger partial charge in [-0.05, 0) is 37.1 Å². The number of halogens is 1. The Morgan fingerprint density at radius 2 is 1.91 bits per heavy atom. The Morgan fingerprint density at radius 3 is 2.52 bits per heavy atom. The molecule has 0 unspecified atom stereocenters. The van der Waals surface area contributed by atoms with Crippen LogP contribution in [0, 0.1) is 5.82 Å². The number of aryl methyl sites for hydroxylation is 1. The van der Waals surface area contributed by atoms with Crippen molar-refractivity contribution < 1.29 is 18.7 Å². The first kappa shape index (κ1) is 17.1. The zero-order valence-electron chi connectivity index (χ0n) is 13.0. The lowest BCUT2D eigenvalue weighted by molar-refractivity contribution is -0.115. The van der Waals surface area contributed by atoms with E-state index in [4.69, 9.17) is 4.74 Å². The summed E-state index contributed by atoms with van der Waals surface area (Å²) in [5, 5.41) is 3.25. The molecular weight excluding hydrogens is 317 g/mol. The van der Waals surface area contributed by atoms with E-state index in [1.807, 2.05) is 6.92 Å². The molecule has 1 aromatic heterocycles. The van der Waals surface area contributed by atoms with E-state index >= 15 is 0 Å². The van der Waals surface area contributed by atoms with Crippen LogP contribution in [-0.4, -0.2) is 18.5 Å². The zero-order valence-corrected chi connectivity index (χ0v) is 13.8. The van der Waals surface area contributed by atoms with Crippen molar-refractivity contribution in [1.29, 1.82) is 0 Å². The van der Waals surface area contributed by atoms with Gasteiger partial charge < -0.3 is 10.1 Å². The number of ether oxygens (including phenoxy) is 1. The molecule has 23 heavy (non-hydrogen) atoms. The summed E-state index contributed by atoms with van der Waals surface area (Å²) in [4.78, 5) is 25.1. The third-order valence-electron chi connectivity index (χ3n) is 3.16. The number of amides is 1. The van der Waals surface area contributed by atoms with E-state index in [0.717, 1.165) is 11.3 Å². The minimum absolute atomic E-state index is 0.113. The molecule has 0 aliphatic rings. The highest BCUT2D eigenvalue weighted by Gasteiger charge is 2.18. The Morgan fingerprint density at radius 1 is 1.22 bits per heavy atom. The lowest BCUT2D eigenvalue weighted by Crippen LogP contribution is -2.16. The average molecular weight is 335 g/mol. The molecule has 1 N–H and O–H groups in total. The topological polar surface area (TPSA) is 55.4 Å². The van der Waals surface area contributed by atoms with Crippen LogP contribution >= 0.6 is 11.3 Å². The smallest absolute Gasteiger partial charge is 0.341 e. The summed E-state index contributed by atoms with van der Waals surface area (Å²) >= 11 is 1.36. The monoisotopic (exact) mass is 335 g/mol. The number of thiophene rings is 1. The predicted molar refractivity (Wildman–Crippen MR) is 88.4 cm³/mol. The Bertz CT molecular complexity index is 694. The quantitative estimate of drug-likeness (QED) is 0.817. The number of hydrogen-bond acceptors (Lipinski definition) is 4. The van der Waals surface area contributed by atoms with E-state index < -0.39 is 5.97 Å². The molecule has 1 aromatic carbocycles. The molecule has 0 saturated carbocycles. The standard InChI is InChI=1S/C17H18FNO3S/c1-3-13-10-14(17(21)22-4-2)16(23-13)19-15(20)9-11-5-7-12(18)8-6-11/h5-8,10H,3-4,9H2,1-2H3,(H,19,20). The second-order valence-electron chi connectivity index (χ2n) is 4.88. The van der Waals surface area contributed by atoms with Crippen LogP contribution in [0.2, 0.25) is 0 Å². The third kappa shape index (κ3) is 4.63. The minimum atomic E-state index is -0.444. The molecule has 0 radical (unpaired) electrons. The Hall–Kier alpha value is -2.21. The van der Waals surface area contributed by atoms with E-state index in [1.165, 1.54) is 23.5 Å². The van der Waals surface area contributed by atoms with Crippen molar-refractivity contribution in [2.24, 2.45) is 0 Å². The molecule has 0 spiro atoms. The number of hydrogen-bond donors (Lipinski definition) is 1. The fourth-order valence-electron chi connectivity index (χ4n) is 2.03. The summed E-state index contributed by atoms with van der Waals surface area (Å²) < 4.78 is 17.9. The van der Waals surface area contributed by atoms with Crippen LogP contribution in [-0.2, 0) is 22.4 Å². The van der Waals surface area contributed by atoms with Crippen LogP contribution in [0.15, 0.2) is 30.3 Å². The zero-order chi connectivity index (χ0) is 16.8. The van der Waals surface area contributed by atoms with E-state index in [0.29, 0.717) is 16.1 Å². The maximum atomic E-state index is 12.9. The summed E-state index contributed by atoms with van der Waals surface area (Å²) in [6.07, 6.45) is 0.882. The fraction of sp³-hybridized carbons (Fsp3) is 0.294. The first-order valence-electron chi connectivity index (χ1n) is 7.37. The molecule has 0 fully saturated rings. The SMILES string of the molecule is CCOC(=O)c1cc(CC)sc1NC(=O)Cc1ccc(F)cc1. The van der Waals surface area contributed by atoms with Gasteiger partial charge in [-0.2, -0.15) is 0 Å². The van der Waals surface area contributed by atoms with E-state index in [1.54, 1.807) is 25.1 Å². The minimum Gasteiger partial charge on any atom is -0.462 e. The highest BCUT2D eigenvalue weighted by atomic mass is 32.1. The average Bonchev–Trinajstić information content (AvgIpc) is 2.93. The lowest BCUT2D eigenvalue weighted by atomic mass is 10.1. The van der Waals surface area contributed by atoms with Crippen LogP contribution in [0.25, 0.3) is 0 Å². The number of esters is 1. The number of rotatable bonds is 6. The van der Waals surface area contributed by atoms with Gasteiger partial charge in [0.15, 0.2) is 0 Å². The van der Waals surface area contributed by atoms with Gasteiger partial charge in [-0.3, -0.25) is 4.79 Å². The number of carbonyl (C=O) groups is 2. The van der Waals surface area contributed by atoms with E-state index in [9.17, 15) is 14.0 Å². The van der Waals surface area contributed by atoms with Gasteiger partial charge in [0, 0.05) is 4.88 Å². The molecule has 2 aromatic rings. The molecule has 0 atom stereocenters. The van der Waals surface area contributed by atoms with Crippen molar-refractivity contribution in [3.05, 3.63) is 52.2 Å². The number of nitrogens with one attached hydrogen (secondary N) is 1. The Kier molecular flexibility index (Phi) is 5.87. The van der Waals surface area contributed by atoms with Crippen LogP contribution < -0.4 is 5.32 Å². The van der Waals surface area contributed by atoms with Gasteiger partial charge >= 0.3 is 5.97 Å². The summed E-state index contributed by atoms with van der Waals surface area (Å²) in [6, 6.07) is 7.50. The maximum absolute atomic E-state index is 12.9. The first-order chi connectivity index (χ1) is 11.0. The molecule has 2 rings (SSSR count). The number of anilines is 1. The van der Waals surface area contributed by atoms with Crippen molar-refractivity contribution in [1.82, 2.24) is 0 Å². The lowest BCUT2D eigenvalue weighted by Gasteiger charge is -2.06. The molecule has 6 heteroatoms. The highest BCUT2D eigenvalue weighted by Crippen LogP contribution is 2.29. The molecular formula is C17H18FNO3S. The second-order valence-corrected chi connectivity index (χ2v) is 6.02. The Labute approximate surface area is 138 Å². The molecule has 122 valence electrons.